The number of anilines is 1. The molecule has 1 unspecified atom stereocenters. The molecule has 1 amide bonds. The van der Waals surface area contributed by atoms with E-state index in [2.05, 4.69) is 4.72 Å². The van der Waals surface area contributed by atoms with E-state index in [1.807, 2.05) is 0 Å². The standard InChI is InChI=1S/C19H19FN2O6S/c20-13-1-3-14(4-2-13)21-29(24,25)15-5-6-16-17(11-15)27-12-18(28-16)19(23)22-7-9-26-10-8-22/h1-6,11,18,21H,7-10,12H2. The van der Waals surface area contributed by atoms with Crippen LogP contribution in [0.15, 0.2) is 47.4 Å². The lowest BCUT2D eigenvalue weighted by molar-refractivity contribution is -0.145. The van der Waals surface area contributed by atoms with Crippen molar-refractivity contribution in [1.29, 1.82) is 0 Å². The summed E-state index contributed by atoms with van der Waals surface area (Å²) >= 11 is 0. The molecule has 154 valence electrons. The third-order valence-electron chi connectivity index (χ3n) is 4.58. The first kappa shape index (κ1) is 19.5. The van der Waals surface area contributed by atoms with Gasteiger partial charge in [0.15, 0.2) is 11.5 Å². The van der Waals surface area contributed by atoms with Gasteiger partial charge >= 0.3 is 0 Å². The van der Waals surface area contributed by atoms with Crippen LogP contribution in [0.1, 0.15) is 0 Å². The summed E-state index contributed by atoms with van der Waals surface area (Å²) in [4.78, 5) is 14.2. The van der Waals surface area contributed by atoms with Crippen molar-refractivity contribution >= 4 is 21.6 Å². The Bertz CT molecular complexity index is 1010. The number of carbonyl (C=O) groups is 1. The number of carbonyl (C=O) groups excluding carboxylic acids is 1. The largest absolute Gasteiger partial charge is 0.485 e. The highest BCUT2D eigenvalue weighted by Crippen LogP contribution is 2.34. The summed E-state index contributed by atoms with van der Waals surface area (Å²) in [5, 5.41) is 0. The van der Waals surface area contributed by atoms with E-state index in [9.17, 15) is 17.6 Å². The highest BCUT2D eigenvalue weighted by atomic mass is 32.2. The smallest absolute Gasteiger partial charge is 0.267 e. The van der Waals surface area contributed by atoms with Crippen molar-refractivity contribution in [1.82, 2.24) is 4.90 Å². The molecule has 0 bridgehead atoms. The number of nitrogens with zero attached hydrogens (tertiary/aromatic N) is 1. The molecule has 2 aromatic rings. The molecule has 0 aliphatic carbocycles. The summed E-state index contributed by atoms with van der Waals surface area (Å²) in [5.74, 6) is -0.122. The quantitative estimate of drug-likeness (QED) is 0.805. The van der Waals surface area contributed by atoms with Gasteiger partial charge in [0.25, 0.3) is 15.9 Å². The Morgan fingerprint density at radius 2 is 1.79 bits per heavy atom. The molecular formula is C19H19FN2O6S. The second-order valence-electron chi connectivity index (χ2n) is 6.58. The molecule has 1 N–H and O–H groups in total. The van der Waals surface area contributed by atoms with Gasteiger partial charge in [-0.05, 0) is 36.4 Å². The number of hydrogen-bond acceptors (Lipinski definition) is 6. The number of morpholine rings is 1. The fraction of sp³-hybridized carbons (Fsp3) is 0.316. The maximum Gasteiger partial charge on any atom is 0.267 e. The molecule has 0 aromatic heterocycles. The molecule has 29 heavy (non-hydrogen) atoms. The van der Waals surface area contributed by atoms with Crippen molar-refractivity contribution in [3.05, 3.63) is 48.3 Å². The van der Waals surface area contributed by atoms with E-state index in [-0.39, 0.29) is 28.8 Å². The van der Waals surface area contributed by atoms with E-state index in [4.69, 9.17) is 14.2 Å². The van der Waals surface area contributed by atoms with Gasteiger partial charge < -0.3 is 19.1 Å². The molecule has 0 saturated carbocycles. The zero-order valence-corrected chi connectivity index (χ0v) is 16.2. The van der Waals surface area contributed by atoms with Crippen LogP contribution in [0.25, 0.3) is 0 Å². The Hall–Kier alpha value is -2.85. The molecule has 2 aliphatic heterocycles. The minimum atomic E-state index is -3.90. The number of nitrogens with one attached hydrogen (secondary N) is 1. The minimum Gasteiger partial charge on any atom is -0.485 e. The van der Waals surface area contributed by atoms with Crippen LogP contribution in [-0.2, 0) is 19.6 Å². The third kappa shape index (κ3) is 4.28. The van der Waals surface area contributed by atoms with E-state index in [0.29, 0.717) is 32.1 Å². The summed E-state index contributed by atoms with van der Waals surface area (Å²) in [6.45, 7) is 1.95. The van der Waals surface area contributed by atoms with Crippen LogP contribution >= 0.6 is 0 Å². The molecule has 1 saturated heterocycles. The summed E-state index contributed by atoms with van der Waals surface area (Å²) < 4.78 is 57.1. The molecule has 2 aromatic carbocycles. The van der Waals surface area contributed by atoms with Crippen LogP contribution in [0.2, 0.25) is 0 Å². The number of halogens is 1. The number of benzene rings is 2. The van der Waals surface area contributed by atoms with Crippen molar-refractivity contribution in [3.63, 3.8) is 0 Å². The summed E-state index contributed by atoms with van der Waals surface area (Å²) in [5.41, 5.74) is 0.234. The fourth-order valence-corrected chi connectivity index (χ4v) is 4.13. The van der Waals surface area contributed by atoms with E-state index in [0.717, 1.165) is 12.1 Å². The van der Waals surface area contributed by atoms with Gasteiger partial charge in [0.2, 0.25) is 6.10 Å². The Morgan fingerprint density at radius 3 is 2.52 bits per heavy atom. The predicted octanol–water partition coefficient (Wildman–Crippen LogP) is 1.63. The number of rotatable bonds is 4. The van der Waals surface area contributed by atoms with Gasteiger partial charge in [0.05, 0.1) is 18.1 Å². The first-order chi connectivity index (χ1) is 13.9. The zero-order chi connectivity index (χ0) is 20.4. The van der Waals surface area contributed by atoms with Gasteiger partial charge in [-0.1, -0.05) is 0 Å². The monoisotopic (exact) mass is 422 g/mol. The zero-order valence-electron chi connectivity index (χ0n) is 15.3. The molecule has 10 heteroatoms. The van der Waals surface area contributed by atoms with Gasteiger partial charge in [-0.2, -0.15) is 0 Å². The lowest BCUT2D eigenvalue weighted by Gasteiger charge is -2.32. The predicted molar refractivity (Wildman–Crippen MR) is 101 cm³/mol. The third-order valence-corrected chi connectivity index (χ3v) is 5.96. The maximum absolute atomic E-state index is 13.0. The second-order valence-corrected chi connectivity index (χ2v) is 8.26. The van der Waals surface area contributed by atoms with Gasteiger partial charge in [-0.3, -0.25) is 9.52 Å². The lowest BCUT2D eigenvalue weighted by atomic mass is 10.2. The molecule has 2 heterocycles. The van der Waals surface area contributed by atoms with Crippen LogP contribution in [-0.4, -0.2) is 58.2 Å². The highest BCUT2D eigenvalue weighted by Gasteiger charge is 2.32. The fourth-order valence-electron chi connectivity index (χ4n) is 3.06. The number of sulfonamides is 1. The van der Waals surface area contributed by atoms with Crippen molar-refractivity contribution < 1.29 is 31.8 Å². The molecule has 4 rings (SSSR count). The Balaban J connectivity index is 1.48. The van der Waals surface area contributed by atoms with Gasteiger partial charge in [-0.25, -0.2) is 12.8 Å². The van der Waals surface area contributed by atoms with E-state index < -0.39 is 21.9 Å². The maximum atomic E-state index is 13.0. The van der Waals surface area contributed by atoms with Crippen molar-refractivity contribution in [2.24, 2.45) is 0 Å². The summed E-state index contributed by atoms with van der Waals surface area (Å²) in [6, 6.07) is 9.11. The highest BCUT2D eigenvalue weighted by molar-refractivity contribution is 7.92. The first-order valence-corrected chi connectivity index (χ1v) is 10.5. The SMILES string of the molecule is O=C(C1COc2cc(S(=O)(=O)Nc3ccc(F)cc3)ccc2O1)N1CCOCC1. The molecular weight excluding hydrogens is 403 g/mol. The van der Waals surface area contributed by atoms with Gasteiger partial charge in [0, 0.05) is 24.8 Å². The molecule has 1 atom stereocenters. The lowest BCUT2D eigenvalue weighted by Crippen LogP contribution is -2.50. The Kier molecular flexibility index (Phi) is 5.29. The summed E-state index contributed by atoms with van der Waals surface area (Å²) in [6.07, 6.45) is -0.791. The van der Waals surface area contributed by atoms with Crippen molar-refractivity contribution in [3.8, 4) is 11.5 Å². The van der Waals surface area contributed by atoms with Crippen molar-refractivity contribution in [2.75, 3.05) is 37.6 Å². The Labute approximate surface area is 167 Å². The Morgan fingerprint density at radius 1 is 1.07 bits per heavy atom. The second kappa shape index (κ2) is 7.88. The number of hydrogen-bond donors (Lipinski definition) is 1. The van der Waals surface area contributed by atoms with E-state index in [1.165, 1.54) is 30.3 Å². The van der Waals surface area contributed by atoms with Gasteiger partial charge in [0.1, 0.15) is 12.4 Å². The number of ether oxygens (including phenoxy) is 3. The molecule has 0 spiro atoms. The van der Waals surface area contributed by atoms with Crippen LogP contribution < -0.4 is 14.2 Å². The van der Waals surface area contributed by atoms with Crippen LogP contribution in [0.3, 0.4) is 0 Å². The van der Waals surface area contributed by atoms with Crippen LogP contribution in [0.5, 0.6) is 11.5 Å². The van der Waals surface area contributed by atoms with Crippen molar-refractivity contribution in [2.45, 2.75) is 11.0 Å². The van der Waals surface area contributed by atoms with E-state index in [1.54, 1.807) is 4.90 Å². The van der Waals surface area contributed by atoms with E-state index >= 15 is 0 Å². The molecule has 8 nitrogen and oxygen atoms in total. The number of fused-ring (bicyclic) bond motifs is 1. The molecule has 2 aliphatic rings. The van der Waals surface area contributed by atoms with Gasteiger partial charge in [-0.15, -0.1) is 0 Å². The van der Waals surface area contributed by atoms with Crippen LogP contribution in [0, 0.1) is 5.82 Å². The van der Waals surface area contributed by atoms with Crippen LogP contribution in [0.4, 0.5) is 10.1 Å². The number of amides is 1. The average molecular weight is 422 g/mol. The minimum absolute atomic E-state index is 0.0158. The average Bonchev–Trinajstić information content (AvgIpc) is 2.74. The first-order valence-electron chi connectivity index (χ1n) is 9.01. The summed E-state index contributed by atoms with van der Waals surface area (Å²) in [7, 11) is -3.90. The molecule has 1 fully saturated rings. The molecule has 0 radical (unpaired) electrons. The normalized spacial score (nSPS) is 18.9. The topological polar surface area (TPSA) is 94.2 Å².